The molecule has 3 atom stereocenters. The van der Waals surface area contributed by atoms with Crippen LogP contribution in [0.1, 0.15) is 71.3 Å². The molecular weight excluding hydrogens is 585 g/mol. The van der Waals surface area contributed by atoms with E-state index in [1.807, 2.05) is 30.3 Å². The molecule has 10 heteroatoms. The van der Waals surface area contributed by atoms with Gasteiger partial charge in [-0.05, 0) is 72.6 Å². The minimum absolute atomic E-state index is 0.0512. The third-order valence-corrected chi connectivity index (χ3v) is 8.84. The van der Waals surface area contributed by atoms with E-state index in [4.69, 9.17) is 45.4 Å². The zero-order valence-electron chi connectivity index (χ0n) is 22.8. The van der Waals surface area contributed by atoms with Crippen LogP contribution in [-0.2, 0) is 13.6 Å². The number of carboxylic acid groups (broad SMARTS) is 1. The largest absolute Gasteiger partial charge is 0.489 e. The second kappa shape index (κ2) is 10.1. The van der Waals surface area contributed by atoms with Crippen molar-refractivity contribution in [3.05, 3.63) is 97.8 Å². The fraction of sp³-hybridized carbons (Fsp3) is 0.258. The average molecular weight is 610 g/mol. The van der Waals surface area contributed by atoms with Gasteiger partial charge in [-0.3, -0.25) is 4.68 Å². The van der Waals surface area contributed by atoms with Crippen LogP contribution < -0.4 is 4.74 Å². The Hall–Kier alpha value is -3.52. The van der Waals surface area contributed by atoms with Crippen LogP contribution in [0.15, 0.2) is 59.1 Å². The normalized spacial score (nSPS) is 19.3. The minimum atomic E-state index is -1.13. The predicted octanol–water partition coefficient (Wildman–Crippen LogP) is 8.61. The van der Waals surface area contributed by atoms with Crippen LogP contribution in [0.25, 0.3) is 22.2 Å². The highest BCUT2D eigenvalue weighted by molar-refractivity contribution is 6.39. The van der Waals surface area contributed by atoms with Crippen molar-refractivity contribution < 1.29 is 20.5 Å². The van der Waals surface area contributed by atoms with E-state index in [0.717, 1.165) is 35.9 Å². The van der Waals surface area contributed by atoms with E-state index in [-0.39, 0.29) is 23.4 Å². The molecule has 2 saturated carbocycles. The summed E-state index contributed by atoms with van der Waals surface area (Å²) in [4.78, 5) is 11.5. The van der Waals surface area contributed by atoms with Gasteiger partial charge in [0.05, 0.1) is 22.5 Å². The van der Waals surface area contributed by atoms with Crippen LogP contribution in [0, 0.1) is 0 Å². The van der Waals surface area contributed by atoms with Gasteiger partial charge in [0.1, 0.15) is 23.8 Å². The van der Waals surface area contributed by atoms with Crippen LogP contribution in [0.5, 0.6) is 5.75 Å². The third-order valence-electron chi connectivity index (χ3n) is 7.88. The van der Waals surface area contributed by atoms with Gasteiger partial charge in [-0.25, -0.2) is 4.79 Å². The molecule has 2 aliphatic rings. The number of fused-ring (bicyclic) bond motifs is 1. The van der Waals surface area contributed by atoms with Crippen LogP contribution in [0.3, 0.4) is 0 Å². The Morgan fingerprint density at radius 2 is 1.88 bits per heavy atom. The monoisotopic (exact) mass is 608 g/mol. The lowest BCUT2D eigenvalue weighted by molar-refractivity contribution is 0.0691. The number of carboxylic acids is 1. The number of aromatic carboxylic acids is 1. The number of aromatic nitrogens is 3. The van der Waals surface area contributed by atoms with E-state index >= 15 is 0 Å². The van der Waals surface area contributed by atoms with Crippen LogP contribution in [-0.4, -0.2) is 26.0 Å². The summed E-state index contributed by atoms with van der Waals surface area (Å²) in [5.74, 6) is 0.711. The molecule has 0 spiro atoms. The molecule has 2 aliphatic carbocycles. The zero-order valence-corrected chi connectivity index (χ0v) is 24.0. The van der Waals surface area contributed by atoms with E-state index in [1.54, 1.807) is 36.0 Å². The summed E-state index contributed by atoms with van der Waals surface area (Å²) in [5.41, 5.74) is 4.39. The molecule has 1 N–H and O–H groups in total. The van der Waals surface area contributed by atoms with Gasteiger partial charge in [-0.2, -0.15) is 5.10 Å². The standard InChI is InChI=1S/C31H24Cl3N3O4/c1-37-26-11-16(7-9-19(26)29(35-37)31(38)39)20-13-21(20)18-10-8-17(12-25(18)34)40-14-22-28(36-41-30(22)15-5-6-15)27-23(32)3-2-4-24(27)33/h2-4,7-12,15,20-21H,5-6,13-14H2,1H3,(H,38,39)/t20-,21+/m0/s1/i14D/t14?,20-,21+. The highest BCUT2D eigenvalue weighted by atomic mass is 35.5. The Bertz CT molecular complexity index is 1860. The van der Waals surface area contributed by atoms with E-state index in [0.29, 0.717) is 48.8 Å². The molecule has 7 nitrogen and oxygen atoms in total. The van der Waals surface area contributed by atoms with Crippen LogP contribution in [0.4, 0.5) is 0 Å². The van der Waals surface area contributed by atoms with Gasteiger partial charge in [0.15, 0.2) is 5.69 Å². The first-order valence-corrected chi connectivity index (χ1v) is 14.4. The van der Waals surface area contributed by atoms with Crippen molar-refractivity contribution in [2.45, 2.75) is 43.6 Å². The van der Waals surface area contributed by atoms with Crippen molar-refractivity contribution in [2.75, 3.05) is 0 Å². The second-order valence-corrected chi connectivity index (χ2v) is 11.8. The summed E-state index contributed by atoms with van der Waals surface area (Å²) < 4.78 is 22.3. The van der Waals surface area contributed by atoms with Gasteiger partial charge in [0.25, 0.3) is 0 Å². The van der Waals surface area contributed by atoms with Crippen LogP contribution in [0.2, 0.25) is 15.1 Å². The van der Waals surface area contributed by atoms with E-state index in [1.165, 1.54) is 0 Å². The lowest BCUT2D eigenvalue weighted by Crippen LogP contribution is -2.00. The molecule has 1 unspecified atom stereocenters. The minimum Gasteiger partial charge on any atom is -0.489 e. The fourth-order valence-electron chi connectivity index (χ4n) is 5.55. The number of rotatable bonds is 8. The van der Waals surface area contributed by atoms with E-state index < -0.39 is 12.6 Å². The van der Waals surface area contributed by atoms with Crippen LogP contribution >= 0.6 is 34.8 Å². The molecule has 0 bridgehead atoms. The highest BCUT2D eigenvalue weighted by Crippen LogP contribution is 2.56. The van der Waals surface area contributed by atoms with E-state index in [9.17, 15) is 9.90 Å². The van der Waals surface area contributed by atoms with Crippen molar-refractivity contribution in [1.29, 1.82) is 0 Å². The van der Waals surface area contributed by atoms with Gasteiger partial charge in [0, 0.05) is 28.9 Å². The molecule has 0 amide bonds. The molecule has 0 saturated heterocycles. The molecular formula is C31H24Cl3N3O4. The Labute approximate surface area is 252 Å². The number of carbonyl (C=O) groups is 1. The topological polar surface area (TPSA) is 90.4 Å². The Morgan fingerprint density at radius 3 is 2.59 bits per heavy atom. The molecule has 5 aromatic rings. The molecule has 2 fully saturated rings. The Balaban J connectivity index is 1.13. The molecule has 41 heavy (non-hydrogen) atoms. The first-order chi connectivity index (χ1) is 20.2. The first kappa shape index (κ1) is 25.2. The summed E-state index contributed by atoms with van der Waals surface area (Å²) in [6.07, 6.45) is 2.84. The molecule has 3 aromatic carbocycles. The maximum atomic E-state index is 11.5. The number of hydrogen-bond acceptors (Lipinski definition) is 5. The van der Waals surface area contributed by atoms with Crippen molar-refractivity contribution in [1.82, 2.24) is 14.9 Å². The summed E-state index contributed by atoms with van der Waals surface area (Å²) >= 11 is 19.7. The number of nitrogens with zero attached hydrogens (tertiary/aromatic N) is 3. The van der Waals surface area contributed by atoms with Crippen molar-refractivity contribution in [2.24, 2.45) is 7.05 Å². The van der Waals surface area contributed by atoms with Gasteiger partial charge >= 0.3 is 5.97 Å². The Kier molecular flexibility index (Phi) is 6.20. The van der Waals surface area contributed by atoms with Crippen molar-refractivity contribution in [3.63, 3.8) is 0 Å². The summed E-state index contributed by atoms with van der Waals surface area (Å²) in [7, 11) is 1.75. The highest BCUT2D eigenvalue weighted by Gasteiger charge is 2.41. The number of aryl methyl sites for hydroxylation is 1. The third kappa shape index (κ3) is 4.76. The molecule has 0 radical (unpaired) electrons. The van der Waals surface area contributed by atoms with Gasteiger partial charge < -0.3 is 14.4 Å². The molecule has 7 rings (SSSR count). The second-order valence-electron chi connectivity index (χ2n) is 10.6. The quantitative estimate of drug-likeness (QED) is 0.189. The van der Waals surface area contributed by atoms with Gasteiger partial charge in [0.2, 0.25) is 0 Å². The summed E-state index contributed by atoms with van der Waals surface area (Å²) in [6.45, 7) is -1.13. The number of halogens is 3. The average Bonchev–Trinajstić information content (AvgIpc) is 3.88. The maximum Gasteiger partial charge on any atom is 0.357 e. The molecule has 2 aromatic heterocycles. The molecule has 2 heterocycles. The SMILES string of the molecule is [2H]C(Oc1ccc([C@H]2C[C@H]2c2ccc3c(C(=O)O)nn(C)c3c2)c(Cl)c1)c1c(-c2c(Cl)cccc2Cl)noc1C1CC1. The predicted molar refractivity (Wildman–Crippen MR) is 157 cm³/mol. The summed E-state index contributed by atoms with van der Waals surface area (Å²) in [6, 6.07) is 16.5. The first-order valence-electron chi connectivity index (χ1n) is 13.8. The van der Waals surface area contributed by atoms with E-state index in [2.05, 4.69) is 10.3 Å². The summed E-state index contributed by atoms with van der Waals surface area (Å²) in [5, 5.41) is 19.9. The number of benzene rings is 3. The lowest BCUT2D eigenvalue weighted by atomic mass is 10.0. The Morgan fingerprint density at radius 1 is 1.10 bits per heavy atom. The number of ether oxygens (including phenoxy) is 1. The molecule has 0 aliphatic heterocycles. The van der Waals surface area contributed by atoms with Gasteiger partial charge in [-0.1, -0.05) is 64.2 Å². The zero-order chi connectivity index (χ0) is 29.3. The fourth-order valence-corrected chi connectivity index (χ4v) is 6.43. The smallest absolute Gasteiger partial charge is 0.357 e. The van der Waals surface area contributed by atoms with Crippen molar-refractivity contribution >= 4 is 51.7 Å². The maximum absolute atomic E-state index is 11.5. The molecule has 208 valence electrons. The lowest BCUT2D eigenvalue weighted by Gasteiger charge is -2.11. The van der Waals surface area contributed by atoms with Gasteiger partial charge in [-0.15, -0.1) is 0 Å². The number of hydrogen-bond donors (Lipinski definition) is 1. The van der Waals surface area contributed by atoms with Crippen molar-refractivity contribution in [3.8, 4) is 17.0 Å².